The highest BCUT2D eigenvalue weighted by Crippen LogP contribution is 2.31. The fourth-order valence-electron chi connectivity index (χ4n) is 3.69. The first-order chi connectivity index (χ1) is 14.8. The first-order valence-corrected chi connectivity index (χ1v) is 11.4. The molecule has 0 aliphatic carbocycles. The number of nitrogens with zero attached hydrogens (tertiary/aromatic N) is 1. The molecule has 31 heavy (non-hydrogen) atoms. The number of rotatable bonds is 5. The summed E-state index contributed by atoms with van der Waals surface area (Å²) in [6, 6.07) is 22.1. The van der Waals surface area contributed by atoms with Gasteiger partial charge in [0.2, 0.25) is 0 Å². The minimum Gasteiger partial charge on any atom is -0.477 e. The number of sulfone groups is 1. The number of fused-ring (bicyclic) bond motifs is 1. The van der Waals surface area contributed by atoms with Gasteiger partial charge in [-0.25, -0.2) is 13.2 Å². The number of carboxylic acids is 1. The fraction of sp³-hybridized carbons (Fsp3) is 0.0833. The molecule has 0 aliphatic heterocycles. The maximum Gasteiger partial charge on any atom is 0.353 e. The van der Waals surface area contributed by atoms with Crippen LogP contribution in [0.15, 0.2) is 88.6 Å². The third-order valence-corrected chi connectivity index (χ3v) is 6.26. The zero-order chi connectivity index (χ0) is 22.2. The Morgan fingerprint density at radius 2 is 1.45 bits per heavy atom. The number of carbonyl (C=O) groups is 1. The molecule has 7 heteroatoms. The summed E-state index contributed by atoms with van der Waals surface area (Å²) in [5, 5.41) is 11.1. The van der Waals surface area contributed by atoms with Crippen molar-refractivity contribution in [2.45, 2.75) is 11.4 Å². The van der Waals surface area contributed by atoms with Gasteiger partial charge in [-0.1, -0.05) is 60.7 Å². The third-order valence-electron chi connectivity index (χ3n) is 5.14. The predicted molar refractivity (Wildman–Crippen MR) is 119 cm³/mol. The number of benzene rings is 3. The lowest BCUT2D eigenvalue weighted by Crippen LogP contribution is -2.28. The number of pyridine rings is 1. The molecular formula is C24H19NO5S. The molecule has 0 unspecified atom stereocenters. The van der Waals surface area contributed by atoms with E-state index in [1.54, 1.807) is 36.4 Å². The van der Waals surface area contributed by atoms with Crippen molar-refractivity contribution in [3.05, 3.63) is 100 Å². The van der Waals surface area contributed by atoms with Crippen LogP contribution in [-0.2, 0) is 16.4 Å². The maximum absolute atomic E-state index is 13.3. The third kappa shape index (κ3) is 3.87. The molecule has 4 aromatic rings. The minimum absolute atomic E-state index is 0.00479. The van der Waals surface area contributed by atoms with Crippen molar-refractivity contribution in [1.29, 1.82) is 0 Å². The minimum atomic E-state index is -3.36. The Labute approximate surface area is 178 Å². The Balaban J connectivity index is 1.99. The van der Waals surface area contributed by atoms with Crippen molar-refractivity contribution < 1.29 is 18.3 Å². The van der Waals surface area contributed by atoms with Crippen molar-refractivity contribution in [2.75, 3.05) is 6.26 Å². The lowest BCUT2D eigenvalue weighted by molar-refractivity contribution is 0.0685. The average molecular weight is 433 g/mol. The largest absolute Gasteiger partial charge is 0.477 e. The molecule has 0 aliphatic rings. The molecule has 4 rings (SSSR count). The van der Waals surface area contributed by atoms with Crippen LogP contribution in [0.5, 0.6) is 0 Å². The highest BCUT2D eigenvalue weighted by molar-refractivity contribution is 7.90. The van der Waals surface area contributed by atoms with Gasteiger partial charge in [-0.3, -0.25) is 9.36 Å². The van der Waals surface area contributed by atoms with E-state index in [1.165, 1.54) is 16.7 Å². The first-order valence-electron chi connectivity index (χ1n) is 9.50. The molecule has 0 amide bonds. The van der Waals surface area contributed by atoms with Crippen molar-refractivity contribution in [2.24, 2.45) is 0 Å². The monoisotopic (exact) mass is 433 g/mol. The van der Waals surface area contributed by atoms with Gasteiger partial charge in [0.25, 0.3) is 5.56 Å². The maximum atomic E-state index is 13.3. The van der Waals surface area contributed by atoms with Crippen LogP contribution in [0.25, 0.3) is 21.9 Å². The van der Waals surface area contributed by atoms with Gasteiger partial charge in [-0.05, 0) is 34.7 Å². The molecule has 0 bridgehead atoms. The predicted octanol–water partition coefficient (Wildman–Crippen LogP) is 3.82. The zero-order valence-corrected chi connectivity index (χ0v) is 17.5. The molecule has 0 saturated heterocycles. The molecular weight excluding hydrogens is 414 g/mol. The van der Waals surface area contributed by atoms with E-state index in [2.05, 4.69) is 0 Å². The Morgan fingerprint density at radius 1 is 0.871 bits per heavy atom. The van der Waals surface area contributed by atoms with Crippen LogP contribution < -0.4 is 5.56 Å². The van der Waals surface area contributed by atoms with Gasteiger partial charge in [0.05, 0.1) is 11.4 Å². The highest BCUT2D eigenvalue weighted by atomic mass is 32.2. The van der Waals surface area contributed by atoms with E-state index in [9.17, 15) is 23.1 Å². The number of hydrogen-bond donors (Lipinski definition) is 1. The van der Waals surface area contributed by atoms with Crippen molar-refractivity contribution in [3.8, 4) is 11.1 Å². The van der Waals surface area contributed by atoms with Crippen LogP contribution in [-0.4, -0.2) is 30.3 Å². The normalized spacial score (nSPS) is 11.5. The number of hydrogen-bond acceptors (Lipinski definition) is 4. The van der Waals surface area contributed by atoms with Gasteiger partial charge in [-0.2, -0.15) is 0 Å². The summed E-state index contributed by atoms with van der Waals surface area (Å²) in [6.07, 6.45) is 1.12. The van der Waals surface area contributed by atoms with E-state index in [0.717, 1.165) is 6.26 Å². The molecule has 0 atom stereocenters. The van der Waals surface area contributed by atoms with Gasteiger partial charge < -0.3 is 5.11 Å². The molecule has 0 fully saturated rings. The number of carboxylic acid groups (broad SMARTS) is 1. The van der Waals surface area contributed by atoms with Crippen LogP contribution in [0.2, 0.25) is 0 Å². The summed E-state index contributed by atoms with van der Waals surface area (Å²) in [5.74, 6) is -1.21. The van der Waals surface area contributed by atoms with Crippen LogP contribution in [0.1, 0.15) is 16.1 Å². The Kier molecular flexibility index (Phi) is 5.20. The number of aromatic nitrogens is 1. The Hall–Kier alpha value is -3.71. The van der Waals surface area contributed by atoms with Crippen molar-refractivity contribution in [3.63, 3.8) is 0 Å². The second-order valence-corrected chi connectivity index (χ2v) is 9.26. The smallest absolute Gasteiger partial charge is 0.353 e. The standard InChI is InChI=1S/C24H19NO5S/c1-31(29,30)18-13-11-16(12-14-18)15-25-22(24(27)28)21(17-7-3-2-4-8-17)19-9-5-6-10-20(19)23(25)26/h2-14H,15H2,1H3,(H,27,28). The SMILES string of the molecule is CS(=O)(=O)c1ccc(Cn2c(C(=O)O)c(-c3ccccc3)c3ccccc3c2=O)cc1. The summed E-state index contributed by atoms with van der Waals surface area (Å²) in [7, 11) is -3.36. The Bertz CT molecular complexity index is 1450. The van der Waals surface area contributed by atoms with E-state index in [1.807, 2.05) is 30.3 Å². The summed E-state index contributed by atoms with van der Waals surface area (Å²) < 4.78 is 24.7. The summed E-state index contributed by atoms with van der Waals surface area (Å²) in [5.41, 5.74) is 1.25. The van der Waals surface area contributed by atoms with Gasteiger partial charge >= 0.3 is 5.97 Å². The van der Waals surface area contributed by atoms with Gasteiger partial charge in [0.15, 0.2) is 9.84 Å². The second-order valence-electron chi connectivity index (χ2n) is 7.25. The van der Waals surface area contributed by atoms with Crippen LogP contribution >= 0.6 is 0 Å². The fourth-order valence-corrected chi connectivity index (χ4v) is 4.32. The van der Waals surface area contributed by atoms with E-state index in [4.69, 9.17) is 0 Å². The summed E-state index contributed by atoms with van der Waals surface area (Å²) >= 11 is 0. The summed E-state index contributed by atoms with van der Waals surface area (Å²) in [4.78, 5) is 25.8. The van der Waals surface area contributed by atoms with E-state index in [0.29, 0.717) is 27.5 Å². The molecule has 1 N–H and O–H groups in total. The molecule has 0 spiro atoms. The van der Waals surface area contributed by atoms with E-state index < -0.39 is 21.4 Å². The zero-order valence-electron chi connectivity index (χ0n) is 16.6. The molecule has 6 nitrogen and oxygen atoms in total. The van der Waals surface area contributed by atoms with Crippen LogP contribution in [0.4, 0.5) is 0 Å². The van der Waals surface area contributed by atoms with Crippen molar-refractivity contribution in [1.82, 2.24) is 4.57 Å². The Morgan fingerprint density at radius 3 is 2.03 bits per heavy atom. The van der Waals surface area contributed by atoms with Gasteiger partial charge in [0, 0.05) is 17.2 Å². The first kappa shape index (κ1) is 20.6. The van der Waals surface area contributed by atoms with E-state index >= 15 is 0 Å². The topological polar surface area (TPSA) is 93.4 Å². The molecule has 156 valence electrons. The average Bonchev–Trinajstić information content (AvgIpc) is 2.75. The second kappa shape index (κ2) is 7.85. The molecule has 0 radical (unpaired) electrons. The van der Waals surface area contributed by atoms with Crippen LogP contribution in [0, 0.1) is 0 Å². The number of aromatic carboxylic acids is 1. The molecule has 1 aromatic heterocycles. The summed E-state index contributed by atoms with van der Waals surface area (Å²) in [6.45, 7) is -0.00479. The van der Waals surface area contributed by atoms with Crippen molar-refractivity contribution >= 4 is 26.6 Å². The van der Waals surface area contributed by atoms with Gasteiger partial charge in [-0.15, -0.1) is 0 Å². The lowest BCUT2D eigenvalue weighted by atomic mass is 9.96. The quantitative estimate of drug-likeness (QED) is 0.516. The molecule has 0 saturated carbocycles. The lowest BCUT2D eigenvalue weighted by Gasteiger charge is -2.18. The van der Waals surface area contributed by atoms with Gasteiger partial charge in [0.1, 0.15) is 5.69 Å². The molecule has 3 aromatic carbocycles. The van der Waals surface area contributed by atoms with E-state index in [-0.39, 0.29) is 17.1 Å². The van der Waals surface area contributed by atoms with Crippen LogP contribution in [0.3, 0.4) is 0 Å². The highest BCUT2D eigenvalue weighted by Gasteiger charge is 2.23. The molecule has 1 heterocycles.